The molecule has 116 valence electrons. The molecule has 2 heterocycles. The van der Waals surface area contributed by atoms with E-state index in [-0.39, 0.29) is 5.91 Å². The number of carbonyl (C=O) groups excluding carboxylic acids is 2. The Morgan fingerprint density at radius 2 is 2.04 bits per heavy atom. The van der Waals surface area contributed by atoms with Crippen LogP contribution in [0.2, 0.25) is 0 Å². The molecule has 1 amide bonds. The Kier molecular flexibility index (Phi) is 4.19. The fourth-order valence-corrected chi connectivity index (χ4v) is 2.46. The lowest BCUT2D eigenvalue weighted by molar-refractivity contribution is -0.116. The number of H-pyrrole nitrogens is 1. The van der Waals surface area contributed by atoms with Crippen LogP contribution in [0.25, 0.3) is 22.2 Å². The fourth-order valence-electron chi connectivity index (χ4n) is 2.46. The molecule has 2 N–H and O–H groups in total. The summed E-state index contributed by atoms with van der Waals surface area (Å²) >= 11 is 0. The van der Waals surface area contributed by atoms with Gasteiger partial charge in [-0.3, -0.25) is 9.59 Å². The summed E-state index contributed by atoms with van der Waals surface area (Å²) < 4.78 is 0. The number of aldehydes is 1. The van der Waals surface area contributed by atoms with Crippen molar-refractivity contribution >= 4 is 28.9 Å². The van der Waals surface area contributed by atoms with E-state index in [9.17, 15) is 9.59 Å². The molecule has 0 radical (unpaired) electrons. The van der Waals surface area contributed by atoms with Crippen molar-refractivity contribution in [2.75, 3.05) is 5.32 Å². The Bertz CT molecular complexity index is 850. The third-order valence-corrected chi connectivity index (χ3v) is 3.66. The number of hydrogen-bond acceptors (Lipinski definition) is 3. The number of hydrogen-bond donors (Lipinski definition) is 2. The third-order valence-electron chi connectivity index (χ3n) is 3.66. The van der Waals surface area contributed by atoms with Crippen LogP contribution in [0.5, 0.6) is 0 Å². The van der Waals surface area contributed by atoms with E-state index in [1.807, 2.05) is 25.1 Å². The van der Waals surface area contributed by atoms with E-state index in [1.165, 1.54) is 0 Å². The summed E-state index contributed by atoms with van der Waals surface area (Å²) in [5, 5.41) is 3.77. The van der Waals surface area contributed by atoms with Gasteiger partial charge in [0.15, 0.2) is 0 Å². The summed E-state index contributed by atoms with van der Waals surface area (Å²) in [6.45, 7) is 1.97. The summed E-state index contributed by atoms with van der Waals surface area (Å²) in [6.07, 6.45) is 5.64. The molecule has 3 aromatic rings. The van der Waals surface area contributed by atoms with Gasteiger partial charge in [0.2, 0.25) is 5.91 Å². The number of rotatable bonds is 5. The van der Waals surface area contributed by atoms with Crippen LogP contribution < -0.4 is 5.32 Å². The molecule has 5 heteroatoms. The molecule has 0 aliphatic heterocycles. The standard InChI is InChI=1S/C18H17N3O2/c1-2-3-17(23)21-16-10-20-18-15(16)8-14(9-19-18)13-6-4-12(11-22)5-7-13/h4-11H,2-3H2,1H3,(H,19,20)(H,21,23). The smallest absolute Gasteiger partial charge is 0.224 e. The SMILES string of the molecule is CCCC(=O)Nc1c[nH]c2ncc(-c3ccc(C=O)cc3)cc12. The lowest BCUT2D eigenvalue weighted by Gasteiger charge is -2.05. The molecule has 0 aliphatic rings. The van der Waals surface area contributed by atoms with Gasteiger partial charge in [0.25, 0.3) is 0 Å². The van der Waals surface area contributed by atoms with Crippen LogP contribution >= 0.6 is 0 Å². The molecule has 5 nitrogen and oxygen atoms in total. The Balaban J connectivity index is 1.96. The number of fused-ring (bicyclic) bond motifs is 1. The largest absolute Gasteiger partial charge is 0.344 e. The first kappa shape index (κ1) is 15.0. The number of nitrogens with one attached hydrogen (secondary N) is 2. The Morgan fingerprint density at radius 1 is 1.26 bits per heavy atom. The summed E-state index contributed by atoms with van der Waals surface area (Å²) in [6, 6.07) is 9.29. The number of benzene rings is 1. The van der Waals surface area contributed by atoms with Gasteiger partial charge in [-0.25, -0.2) is 4.98 Å². The second kappa shape index (κ2) is 6.44. The van der Waals surface area contributed by atoms with E-state index in [4.69, 9.17) is 0 Å². The highest BCUT2D eigenvalue weighted by Gasteiger charge is 2.09. The zero-order valence-corrected chi connectivity index (χ0v) is 12.8. The molecule has 0 saturated heterocycles. The molecule has 3 rings (SSSR count). The average molecular weight is 307 g/mol. The van der Waals surface area contributed by atoms with Gasteiger partial charge in [-0.15, -0.1) is 0 Å². The van der Waals surface area contributed by atoms with E-state index < -0.39 is 0 Å². The van der Waals surface area contributed by atoms with E-state index in [2.05, 4.69) is 15.3 Å². The molecular formula is C18H17N3O2. The van der Waals surface area contributed by atoms with Crippen LogP contribution in [-0.2, 0) is 4.79 Å². The van der Waals surface area contributed by atoms with Crippen LogP contribution in [0.15, 0.2) is 42.7 Å². The Labute approximate surface area is 133 Å². The average Bonchev–Trinajstić information content (AvgIpc) is 2.97. The van der Waals surface area contributed by atoms with Gasteiger partial charge in [0, 0.05) is 35.3 Å². The van der Waals surface area contributed by atoms with Crippen molar-refractivity contribution < 1.29 is 9.59 Å². The molecule has 2 aromatic heterocycles. The number of aromatic amines is 1. The molecule has 0 saturated carbocycles. The van der Waals surface area contributed by atoms with E-state index in [0.29, 0.717) is 12.0 Å². The summed E-state index contributed by atoms with van der Waals surface area (Å²) in [7, 11) is 0. The lowest BCUT2D eigenvalue weighted by atomic mass is 10.0. The minimum atomic E-state index is -0.00543. The number of aromatic nitrogens is 2. The Hall–Kier alpha value is -2.95. The number of anilines is 1. The maximum absolute atomic E-state index is 11.8. The monoisotopic (exact) mass is 307 g/mol. The van der Waals surface area contributed by atoms with Crippen molar-refractivity contribution in [2.45, 2.75) is 19.8 Å². The molecule has 0 spiro atoms. The first-order chi connectivity index (χ1) is 11.2. The van der Waals surface area contributed by atoms with Crippen molar-refractivity contribution in [3.8, 4) is 11.1 Å². The highest BCUT2D eigenvalue weighted by atomic mass is 16.1. The van der Waals surface area contributed by atoms with Gasteiger partial charge in [-0.1, -0.05) is 31.2 Å². The topological polar surface area (TPSA) is 74.8 Å². The molecule has 0 fully saturated rings. The van der Waals surface area contributed by atoms with E-state index in [0.717, 1.165) is 40.6 Å². The van der Waals surface area contributed by atoms with Crippen molar-refractivity contribution in [2.24, 2.45) is 0 Å². The van der Waals surface area contributed by atoms with Gasteiger partial charge in [-0.05, 0) is 18.1 Å². The fraction of sp³-hybridized carbons (Fsp3) is 0.167. The zero-order chi connectivity index (χ0) is 16.2. The number of pyridine rings is 1. The van der Waals surface area contributed by atoms with E-state index in [1.54, 1.807) is 24.5 Å². The van der Waals surface area contributed by atoms with Crippen LogP contribution in [0, 0.1) is 0 Å². The maximum atomic E-state index is 11.8. The minimum absolute atomic E-state index is 0.00543. The molecule has 1 aromatic carbocycles. The Morgan fingerprint density at radius 3 is 2.74 bits per heavy atom. The van der Waals surface area contributed by atoms with Crippen molar-refractivity contribution in [3.05, 3.63) is 48.3 Å². The first-order valence-corrected chi connectivity index (χ1v) is 7.54. The summed E-state index contributed by atoms with van der Waals surface area (Å²) in [4.78, 5) is 30.0. The van der Waals surface area contributed by atoms with Gasteiger partial charge >= 0.3 is 0 Å². The van der Waals surface area contributed by atoms with Crippen LogP contribution in [0.4, 0.5) is 5.69 Å². The summed E-state index contributed by atoms with van der Waals surface area (Å²) in [5.41, 5.74) is 4.00. The lowest BCUT2D eigenvalue weighted by Crippen LogP contribution is -2.10. The molecule has 0 bridgehead atoms. The third kappa shape index (κ3) is 3.13. The predicted molar refractivity (Wildman–Crippen MR) is 90.5 cm³/mol. The van der Waals surface area contributed by atoms with Crippen molar-refractivity contribution in [1.29, 1.82) is 0 Å². The minimum Gasteiger partial charge on any atom is -0.344 e. The van der Waals surface area contributed by atoms with Gasteiger partial charge in [-0.2, -0.15) is 0 Å². The quantitative estimate of drug-likeness (QED) is 0.704. The molecule has 23 heavy (non-hydrogen) atoms. The van der Waals surface area contributed by atoms with Crippen molar-refractivity contribution in [3.63, 3.8) is 0 Å². The molecule has 0 atom stereocenters. The molecular weight excluding hydrogens is 290 g/mol. The maximum Gasteiger partial charge on any atom is 0.224 e. The first-order valence-electron chi connectivity index (χ1n) is 7.54. The second-order valence-electron chi connectivity index (χ2n) is 5.36. The molecule has 0 unspecified atom stereocenters. The van der Waals surface area contributed by atoms with Gasteiger partial charge in [0.1, 0.15) is 11.9 Å². The van der Waals surface area contributed by atoms with Gasteiger partial charge in [0.05, 0.1) is 5.69 Å². The zero-order valence-electron chi connectivity index (χ0n) is 12.8. The second-order valence-corrected chi connectivity index (χ2v) is 5.36. The van der Waals surface area contributed by atoms with Gasteiger partial charge < -0.3 is 10.3 Å². The van der Waals surface area contributed by atoms with Crippen LogP contribution in [0.3, 0.4) is 0 Å². The normalized spacial score (nSPS) is 10.7. The highest BCUT2D eigenvalue weighted by molar-refractivity contribution is 6.01. The van der Waals surface area contributed by atoms with Crippen LogP contribution in [-0.4, -0.2) is 22.2 Å². The highest BCUT2D eigenvalue weighted by Crippen LogP contribution is 2.27. The number of amides is 1. The number of carbonyl (C=O) groups is 2. The van der Waals surface area contributed by atoms with Crippen molar-refractivity contribution in [1.82, 2.24) is 9.97 Å². The summed E-state index contributed by atoms with van der Waals surface area (Å²) in [5.74, 6) is -0.00543. The predicted octanol–water partition coefficient (Wildman–Crippen LogP) is 3.78. The van der Waals surface area contributed by atoms with E-state index >= 15 is 0 Å². The number of nitrogens with zero attached hydrogens (tertiary/aromatic N) is 1. The van der Waals surface area contributed by atoms with Crippen LogP contribution in [0.1, 0.15) is 30.1 Å². The molecule has 0 aliphatic carbocycles.